The second-order valence-corrected chi connectivity index (χ2v) is 2.76. The van der Waals surface area contributed by atoms with E-state index in [0.717, 1.165) is 11.3 Å². The van der Waals surface area contributed by atoms with Crippen LogP contribution in [-0.4, -0.2) is 6.21 Å². The molecule has 0 aromatic heterocycles. The highest BCUT2D eigenvalue weighted by molar-refractivity contribution is 5.83. The van der Waals surface area contributed by atoms with Gasteiger partial charge < -0.3 is 4.84 Å². The fraction of sp³-hybridized carbons (Fsp3) is 0. The molecule has 0 bridgehead atoms. The van der Waals surface area contributed by atoms with Crippen molar-refractivity contribution in [3.63, 3.8) is 0 Å². The van der Waals surface area contributed by atoms with Gasteiger partial charge in [0.15, 0.2) is 5.75 Å². The molecule has 0 fully saturated rings. The van der Waals surface area contributed by atoms with Gasteiger partial charge >= 0.3 is 0 Å². The van der Waals surface area contributed by atoms with E-state index in [0.29, 0.717) is 0 Å². The van der Waals surface area contributed by atoms with E-state index in [-0.39, 0.29) is 0 Å². The predicted molar refractivity (Wildman–Crippen MR) is 55.4 cm³/mol. The molecule has 0 spiro atoms. The highest BCUT2D eigenvalue weighted by Gasteiger charge is 2.00. The standard InChI is InChI=1S/C11H10N2O/c1-2-4-6-8-11-10(7-5-3-1)9-12-13-14-11/h1-9,13H. The molecule has 0 saturated carbocycles. The lowest BCUT2D eigenvalue weighted by Crippen LogP contribution is -2.15. The van der Waals surface area contributed by atoms with E-state index in [1.165, 1.54) is 0 Å². The summed E-state index contributed by atoms with van der Waals surface area (Å²) in [4.78, 5) is 5.15. The van der Waals surface area contributed by atoms with Crippen molar-refractivity contribution in [3.05, 3.63) is 54.1 Å². The fourth-order valence-electron chi connectivity index (χ4n) is 1.11. The Bertz CT molecular complexity index is 400. The molecule has 1 aliphatic rings. The van der Waals surface area contributed by atoms with Gasteiger partial charge in [-0.05, 0) is 12.1 Å². The summed E-state index contributed by atoms with van der Waals surface area (Å²) in [6.07, 6.45) is 1.72. The maximum atomic E-state index is 5.15. The number of nitrogens with one attached hydrogen (secondary N) is 1. The number of rotatable bonds is 0. The first-order valence-electron chi connectivity index (χ1n) is 4.34. The lowest BCUT2D eigenvalue weighted by atomic mass is 10.2. The number of fused-ring (bicyclic) bond motifs is 1. The van der Waals surface area contributed by atoms with E-state index in [9.17, 15) is 0 Å². The zero-order valence-corrected chi connectivity index (χ0v) is 7.55. The molecule has 1 aliphatic heterocycles. The number of hydrogen-bond acceptors (Lipinski definition) is 3. The Morgan fingerprint density at radius 1 is 0.929 bits per heavy atom. The van der Waals surface area contributed by atoms with Crippen LogP contribution in [0.15, 0.2) is 53.6 Å². The second kappa shape index (κ2) is 4.28. The molecule has 70 valence electrons. The van der Waals surface area contributed by atoms with E-state index >= 15 is 0 Å². The summed E-state index contributed by atoms with van der Waals surface area (Å²) in [5, 5.41) is 3.81. The van der Waals surface area contributed by atoms with Crippen molar-refractivity contribution in [2.45, 2.75) is 0 Å². The Morgan fingerprint density at radius 3 is 2.50 bits per heavy atom. The Morgan fingerprint density at radius 2 is 1.64 bits per heavy atom. The highest BCUT2D eigenvalue weighted by atomic mass is 16.7. The van der Waals surface area contributed by atoms with Crippen LogP contribution in [0, 0.1) is 0 Å². The van der Waals surface area contributed by atoms with Crippen molar-refractivity contribution in [1.29, 1.82) is 0 Å². The summed E-state index contributed by atoms with van der Waals surface area (Å²) in [5.74, 6) is 0.760. The lowest BCUT2D eigenvalue weighted by molar-refractivity contribution is 0.197. The van der Waals surface area contributed by atoms with Gasteiger partial charge in [0, 0.05) is 5.56 Å². The van der Waals surface area contributed by atoms with Gasteiger partial charge in [0.25, 0.3) is 0 Å². The molecule has 3 heteroatoms. The molecular weight excluding hydrogens is 176 g/mol. The quantitative estimate of drug-likeness (QED) is 0.672. The molecular formula is C11H10N2O. The van der Waals surface area contributed by atoms with Crippen molar-refractivity contribution in [2.75, 3.05) is 0 Å². The van der Waals surface area contributed by atoms with Crippen molar-refractivity contribution >= 4 is 6.21 Å². The third-order valence-corrected chi connectivity index (χ3v) is 1.78. The van der Waals surface area contributed by atoms with E-state index in [1.807, 2.05) is 48.5 Å². The van der Waals surface area contributed by atoms with Crippen LogP contribution < -0.4 is 10.4 Å². The van der Waals surface area contributed by atoms with Crippen LogP contribution in [0.3, 0.4) is 0 Å². The van der Waals surface area contributed by atoms with Crippen molar-refractivity contribution in [2.24, 2.45) is 5.10 Å². The SMILES string of the molecule is C1=NNOc2ccccccccc21. The van der Waals surface area contributed by atoms with Crippen molar-refractivity contribution in [3.8, 4) is 5.75 Å². The molecule has 1 aromatic carbocycles. The van der Waals surface area contributed by atoms with Gasteiger partial charge in [0.1, 0.15) is 0 Å². The van der Waals surface area contributed by atoms with Gasteiger partial charge in [-0.1, -0.05) is 36.4 Å². The number of hydrazone groups is 1. The summed E-state index contributed by atoms with van der Waals surface area (Å²) in [6.45, 7) is 0. The maximum absolute atomic E-state index is 5.15. The Labute approximate surface area is 82.3 Å². The van der Waals surface area contributed by atoms with E-state index in [1.54, 1.807) is 6.21 Å². The van der Waals surface area contributed by atoms with Crippen LogP contribution in [0.1, 0.15) is 5.56 Å². The molecule has 3 nitrogen and oxygen atoms in total. The minimum Gasteiger partial charge on any atom is -0.365 e. The molecule has 0 unspecified atom stereocenters. The van der Waals surface area contributed by atoms with Crippen LogP contribution in [0.2, 0.25) is 0 Å². The molecule has 0 aliphatic carbocycles. The fourth-order valence-corrected chi connectivity index (χ4v) is 1.11. The average molecular weight is 186 g/mol. The number of nitrogens with zero attached hydrogens (tertiary/aromatic N) is 1. The first-order chi connectivity index (χ1) is 6.97. The zero-order valence-electron chi connectivity index (χ0n) is 7.55. The van der Waals surface area contributed by atoms with E-state index in [2.05, 4.69) is 10.7 Å². The Balaban J connectivity index is 2.56. The van der Waals surface area contributed by atoms with Crippen LogP contribution >= 0.6 is 0 Å². The van der Waals surface area contributed by atoms with Gasteiger partial charge in [0.05, 0.1) is 6.21 Å². The molecule has 0 amide bonds. The summed E-state index contributed by atoms with van der Waals surface area (Å²) in [7, 11) is 0. The summed E-state index contributed by atoms with van der Waals surface area (Å²) < 4.78 is 0. The van der Waals surface area contributed by atoms with Crippen molar-refractivity contribution < 1.29 is 4.84 Å². The zero-order chi connectivity index (χ0) is 9.64. The molecule has 0 radical (unpaired) electrons. The van der Waals surface area contributed by atoms with Crippen LogP contribution in [-0.2, 0) is 0 Å². The molecule has 14 heavy (non-hydrogen) atoms. The largest absolute Gasteiger partial charge is 0.365 e. The minimum atomic E-state index is 0.760. The first-order valence-corrected chi connectivity index (χ1v) is 4.34. The average Bonchev–Trinajstić information content (AvgIpc) is 2.25. The van der Waals surface area contributed by atoms with E-state index in [4.69, 9.17) is 4.84 Å². The van der Waals surface area contributed by atoms with Gasteiger partial charge in [-0.3, -0.25) is 0 Å². The van der Waals surface area contributed by atoms with Crippen LogP contribution in [0.5, 0.6) is 5.75 Å². The summed E-state index contributed by atoms with van der Waals surface area (Å²) >= 11 is 0. The van der Waals surface area contributed by atoms with E-state index < -0.39 is 0 Å². The van der Waals surface area contributed by atoms with Crippen LogP contribution in [0.25, 0.3) is 0 Å². The molecule has 0 saturated heterocycles. The lowest BCUT2D eigenvalue weighted by Gasteiger charge is -2.08. The normalized spacial score (nSPS) is 11.7. The molecule has 1 N–H and O–H groups in total. The molecule has 1 aromatic rings. The Hall–Kier alpha value is -2.03. The second-order valence-electron chi connectivity index (χ2n) is 2.76. The predicted octanol–water partition coefficient (Wildman–Crippen LogP) is 2.04. The first kappa shape index (κ1) is 8.56. The van der Waals surface area contributed by atoms with Gasteiger partial charge in [-0.25, -0.2) is 0 Å². The topological polar surface area (TPSA) is 33.6 Å². The molecule has 1 heterocycles. The highest BCUT2D eigenvalue weighted by Crippen LogP contribution is 2.14. The van der Waals surface area contributed by atoms with Gasteiger partial charge in [-0.15, -0.1) is 5.59 Å². The Kier molecular flexibility index (Phi) is 2.62. The van der Waals surface area contributed by atoms with Gasteiger partial charge in [-0.2, -0.15) is 5.10 Å². The molecule has 0 atom stereocenters. The minimum absolute atomic E-state index is 0.760. The number of hydrogen-bond donors (Lipinski definition) is 1. The monoisotopic (exact) mass is 186 g/mol. The third-order valence-electron chi connectivity index (χ3n) is 1.78. The molecule has 2 rings (SSSR count). The smallest absolute Gasteiger partial charge is 0.165 e. The van der Waals surface area contributed by atoms with Crippen molar-refractivity contribution in [1.82, 2.24) is 5.59 Å². The maximum Gasteiger partial charge on any atom is 0.165 e. The third kappa shape index (κ3) is 2.01. The summed E-state index contributed by atoms with van der Waals surface area (Å²) in [6, 6.07) is 15.5. The summed E-state index contributed by atoms with van der Waals surface area (Å²) in [5.41, 5.74) is 3.40. The van der Waals surface area contributed by atoms with Crippen LogP contribution in [0.4, 0.5) is 0 Å². The van der Waals surface area contributed by atoms with Gasteiger partial charge in [0.2, 0.25) is 0 Å².